The first kappa shape index (κ1) is 20.0. The lowest BCUT2D eigenvalue weighted by molar-refractivity contribution is -0.118. The molecule has 0 fully saturated rings. The van der Waals surface area contributed by atoms with Crippen LogP contribution in [0.3, 0.4) is 0 Å². The highest BCUT2D eigenvalue weighted by molar-refractivity contribution is 8.00. The van der Waals surface area contributed by atoms with E-state index < -0.39 is 0 Å². The number of nitrogens with zero attached hydrogens (tertiary/aromatic N) is 1. The SMILES string of the molecule is O=C(COc1ccccc1)Nc1cccc(SCC(=O)N2CCc3ccccc32)c1. The molecule has 5 nitrogen and oxygen atoms in total. The van der Waals surface area contributed by atoms with Gasteiger partial charge in [-0.05, 0) is 48.4 Å². The van der Waals surface area contributed by atoms with Gasteiger partial charge in [0.2, 0.25) is 5.91 Å². The summed E-state index contributed by atoms with van der Waals surface area (Å²) < 4.78 is 5.47. The molecule has 0 spiro atoms. The lowest BCUT2D eigenvalue weighted by atomic mass is 10.2. The summed E-state index contributed by atoms with van der Waals surface area (Å²) >= 11 is 1.47. The van der Waals surface area contributed by atoms with Crippen molar-refractivity contribution in [3.8, 4) is 5.75 Å². The van der Waals surface area contributed by atoms with Crippen molar-refractivity contribution in [1.29, 1.82) is 0 Å². The second-order valence-corrected chi connectivity index (χ2v) is 7.94. The van der Waals surface area contributed by atoms with E-state index in [2.05, 4.69) is 11.4 Å². The molecule has 0 radical (unpaired) electrons. The predicted molar refractivity (Wildman–Crippen MR) is 120 cm³/mol. The van der Waals surface area contributed by atoms with E-state index in [1.165, 1.54) is 17.3 Å². The number of para-hydroxylation sites is 2. The Bertz CT molecular complexity index is 1040. The minimum absolute atomic E-state index is 0.0613. The first-order chi connectivity index (χ1) is 14.7. The number of hydrogen-bond acceptors (Lipinski definition) is 4. The summed E-state index contributed by atoms with van der Waals surface area (Å²) in [5.41, 5.74) is 2.92. The number of anilines is 2. The first-order valence-corrected chi connectivity index (χ1v) is 10.8. The maximum absolute atomic E-state index is 12.7. The molecule has 0 atom stereocenters. The second kappa shape index (κ2) is 9.50. The Morgan fingerprint density at radius 2 is 1.77 bits per heavy atom. The van der Waals surface area contributed by atoms with Crippen LogP contribution in [0.15, 0.2) is 83.8 Å². The number of hydrogen-bond donors (Lipinski definition) is 1. The largest absolute Gasteiger partial charge is 0.484 e. The molecule has 0 saturated carbocycles. The normalized spacial score (nSPS) is 12.3. The van der Waals surface area contributed by atoms with Crippen molar-refractivity contribution in [1.82, 2.24) is 0 Å². The zero-order valence-electron chi connectivity index (χ0n) is 16.4. The topological polar surface area (TPSA) is 58.6 Å². The molecular weight excluding hydrogens is 396 g/mol. The third-order valence-corrected chi connectivity index (χ3v) is 5.76. The molecule has 2 amide bonds. The van der Waals surface area contributed by atoms with Crippen LogP contribution in [-0.2, 0) is 16.0 Å². The van der Waals surface area contributed by atoms with Crippen LogP contribution in [0.4, 0.5) is 11.4 Å². The van der Waals surface area contributed by atoms with Crippen molar-refractivity contribution in [2.45, 2.75) is 11.3 Å². The quantitative estimate of drug-likeness (QED) is 0.579. The molecule has 0 aromatic heterocycles. The van der Waals surface area contributed by atoms with Gasteiger partial charge in [0.05, 0.1) is 5.75 Å². The average Bonchev–Trinajstić information content (AvgIpc) is 3.21. The van der Waals surface area contributed by atoms with Crippen LogP contribution >= 0.6 is 11.8 Å². The smallest absolute Gasteiger partial charge is 0.262 e. The average molecular weight is 419 g/mol. The maximum Gasteiger partial charge on any atom is 0.262 e. The van der Waals surface area contributed by atoms with Crippen molar-refractivity contribution < 1.29 is 14.3 Å². The molecule has 4 rings (SSSR count). The summed E-state index contributed by atoms with van der Waals surface area (Å²) in [6, 6.07) is 24.8. The molecule has 1 heterocycles. The Labute approximate surface area is 180 Å². The molecule has 1 aliphatic heterocycles. The third-order valence-electron chi connectivity index (χ3n) is 4.78. The van der Waals surface area contributed by atoms with Crippen LogP contribution in [0.2, 0.25) is 0 Å². The Morgan fingerprint density at radius 3 is 2.63 bits per heavy atom. The van der Waals surface area contributed by atoms with E-state index >= 15 is 0 Å². The van der Waals surface area contributed by atoms with Gasteiger partial charge in [0.15, 0.2) is 6.61 Å². The molecule has 1 aliphatic rings. The highest BCUT2D eigenvalue weighted by Gasteiger charge is 2.23. The number of benzene rings is 3. The molecule has 1 N–H and O–H groups in total. The van der Waals surface area contributed by atoms with Crippen molar-refractivity contribution in [2.24, 2.45) is 0 Å². The lowest BCUT2D eigenvalue weighted by Gasteiger charge is -2.17. The van der Waals surface area contributed by atoms with Crippen LogP contribution in [0, 0.1) is 0 Å². The van der Waals surface area contributed by atoms with Crippen LogP contribution < -0.4 is 15.0 Å². The monoisotopic (exact) mass is 418 g/mol. The van der Waals surface area contributed by atoms with Gasteiger partial charge < -0.3 is 15.0 Å². The van der Waals surface area contributed by atoms with Crippen molar-refractivity contribution in [2.75, 3.05) is 29.1 Å². The minimum Gasteiger partial charge on any atom is -0.484 e. The zero-order valence-corrected chi connectivity index (χ0v) is 17.2. The fourth-order valence-electron chi connectivity index (χ4n) is 3.35. The highest BCUT2D eigenvalue weighted by Crippen LogP contribution is 2.29. The third kappa shape index (κ3) is 5.02. The molecule has 152 valence electrons. The number of carbonyl (C=O) groups is 2. The summed E-state index contributed by atoms with van der Waals surface area (Å²) in [4.78, 5) is 27.6. The van der Waals surface area contributed by atoms with E-state index in [-0.39, 0.29) is 18.4 Å². The Hall–Kier alpha value is -3.25. The Morgan fingerprint density at radius 1 is 0.967 bits per heavy atom. The van der Waals surface area contributed by atoms with Gasteiger partial charge in [0, 0.05) is 22.8 Å². The van der Waals surface area contributed by atoms with Crippen LogP contribution in [0.5, 0.6) is 5.75 Å². The van der Waals surface area contributed by atoms with Gasteiger partial charge >= 0.3 is 0 Å². The van der Waals surface area contributed by atoms with E-state index in [1.807, 2.05) is 65.6 Å². The molecule has 3 aromatic rings. The van der Waals surface area contributed by atoms with E-state index in [0.29, 0.717) is 17.2 Å². The highest BCUT2D eigenvalue weighted by atomic mass is 32.2. The Kier molecular flexibility index (Phi) is 6.35. The maximum atomic E-state index is 12.7. The van der Waals surface area contributed by atoms with E-state index in [1.54, 1.807) is 12.1 Å². The van der Waals surface area contributed by atoms with Crippen molar-refractivity contribution >= 4 is 35.0 Å². The number of thioether (sulfide) groups is 1. The fraction of sp³-hybridized carbons (Fsp3) is 0.167. The summed E-state index contributed by atoms with van der Waals surface area (Å²) in [6.45, 7) is 0.671. The van der Waals surface area contributed by atoms with Gasteiger partial charge in [0.25, 0.3) is 5.91 Å². The second-order valence-electron chi connectivity index (χ2n) is 6.89. The predicted octanol–water partition coefficient (Wildman–Crippen LogP) is 4.39. The minimum atomic E-state index is -0.231. The number of ether oxygens (including phenoxy) is 1. The van der Waals surface area contributed by atoms with Gasteiger partial charge in [-0.15, -0.1) is 11.8 Å². The Balaban J connectivity index is 1.29. The number of carbonyl (C=O) groups excluding carboxylic acids is 2. The van der Waals surface area contributed by atoms with Crippen LogP contribution in [0.25, 0.3) is 0 Å². The van der Waals surface area contributed by atoms with Gasteiger partial charge in [-0.25, -0.2) is 0 Å². The lowest BCUT2D eigenvalue weighted by Crippen LogP contribution is -2.30. The molecular formula is C24H22N2O3S. The fourth-order valence-corrected chi connectivity index (χ4v) is 4.18. The van der Waals surface area contributed by atoms with Crippen LogP contribution in [0.1, 0.15) is 5.56 Å². The summed E-state index contributed by atoms with van der Waals surface area (Å²) in [7, 11) is 0. The summed E-state index contributed by atoms with van der Waals surface area (Å²) in [5, 5.41) is 2.84. The standard InChI is InChI=1S/C24H22N2O3S/c27-23(16-29-20-9-2-1-3-10-20)25-19-8-6-11-21(15-19)30-17-24(28)26-14-13-18-7-4-5-12-22(18)26/h1-12,15H,13-14,16-17H2,(H,25,27). The number of amides is 2. The van der Waals surface area contributed by atoms with Gasteiger partial charge in [-0.1, -0.05) is 42.5 Å². The molecule has 0 aliphatic carbocycles. The van der Waals surface area contributed by atoms with Gasteiger partial charge in [-0.2, -0.15) is 0 Å². The van der Waals surface area contributed by atoms with Crippen molar-refractivity contribution in [3.05, 3.63) is 84.4 Å². The zero-order chi connectivity index (χ0) is 20.8. The molecule has 3 aromatic carbocycles. The van der Waals surface area contributed by atoms with Crippen LogP contribution in [-0.4, -0.2) is 30.7 Å². The van der Waals surface area contributed by atoms with Crippen molar-refractivity contribution in [3.63, 3.8) is 0 Å². The number of rotatable bonds is 7. The molecule has 30 heavy (non-hydrogen) atoms. The first-order valence-electron chi connectivity index (χ1n) is 9.78. The number of nitrogens with one attached hydrogen (secondary N) is 1. The molecule has 0 saturated heterocycles. The molecule has 0 unspecified atom stereocenters. The molecule has 0 bridgehead atoms. The van der Waals surface area contributed by atoms with E-state index in [0.717, 1.165) is 23.5 Å². The molecule has 6 heteroatoms. The van der Waals surface area contributed by atoms with E-state index in [4.69, 9.17) is 4.74 Å². The van der Waals surface area contributed by atoms with Gasteiger partial charge in [-0.3, -0.25) is 9.59 Å². The van der Waals surface area contributed by atoms with E-state index in [9.17, 15) is 9.59 Å². The number of fused-ring (bicyclic) bond motifs is 1. The summed E-state index contributed by atoms with van der Waals surface area (Å²) in [6.07, 6.45) is 0.902. The summed E-state index contributed by atoms with van der Waals surface area (Å²) in [5.74, 6) is 0.864. The van der Waals surface area contributed by atoms with Gasteiger partial charge in [0.1, 0.15) is 5.75 Å².